The fourth-order valence-corrected chi connectivity index (χ4v) is 2.98. The summed E-state index contributed by atoms with van der Waals surface area (Å²) in [5.41, 5.74) is 1.15. The highest BCUT2D eigenvalue weighted by Crippen LogP contribution is 2.22. The number of aliphatic hydroxyl groups is 1. The highest BCUT2D eigenvalue weighted by Gasteiger charge is 2.14. The van der Waals surface area contributed by atoms with Gasteiger partial charge in [-0.3, -0.25) is 0 Å². The first-order chi connectivity index (χ1) is 10.3. The van der Waals surface area contributed by atoms with Crippen LogP contribution >= 0.6 is 0 Å². The van der Waals surface area contributed by atoms with E-state index in [0.29, 0.717) is 13.2 Å². The molecule has 0 aliphatic heterocycles. The van der Waals surface area contributed by atoms with Crippen LogP contribution in [0.2, 0.25) is 0 Å². The van der Waals surface area contributed by atoms with E-state index in [0.717, 1.165) is 18.0 Å². The Morgan fingerprint density at radius 2 is 1.90 bits per heavy atom. The minimum Gasteiger partial charge on any atom is -0.389 e. The molecule has 1 aromatic carbocycles. The normalized spacial score (nSPS) is 19.3. The summed E-state index contributed by atoms with van der Waals surface area (Å²) in [7, 11) is 0. The van der Waals surface area contributed by atoms with Crippen LogP contribution in [0.5, 0.6) is 0 Å². The van der Waals surface area contributed by atoms with Gasteiger partial charge in [-0.1, -0.05) is 49.6 Å². The number of hydrogen-bond acceptors (Lipinski definition) is 3. The highest BCUT2D eigenvalue weighted by molar-refractivity contribution is 5.16. The van der Waals surface area contributed by atoms with Gasteiger partial charge in [0.1, 0.15) is 0 Å². The van der Waals surface area contributed by atoms with Crippen LogP contribution < -0.4 is 5.32 Å². The number of ether oxygens (including phenoxy) is 1. The molecule has 3 nitrogen and oxygen atoms in total. The van der Waals surface area contributed by atoms with Crippen molar-refractivity contribution in [3.8, 4) is 0 Å². The van der Waals surface area contributed by atoms with Gasteiger partial charge in [-0.25, -0.2) is 0 Å². The largest absolute Gasteiger partial charge is 0.389 e. The number of aliphatic hydroxyl groups excluding tert-OH is 1. The summed E-state index contributed by atoms with van der Waals surface area (Å²) in [4.78, 5) is 0. The van der Waals surface area contributed by atoms with E-state index >= 15 is 0 Å². The standard InChI is InChI=1S/C18H29NO2/c1-15(17-10-6-3-7-11-17)21-14-18(20)13-19-12-16-8-4-2-5-9-16/h3,6-7,10-11,15-16,18-20H,2,4-5,8-9,12-14H2,1H3. The van der Waals surface area contributed by atoms with Gasteiger partial charge >= 0.3 is 0 Å². The molecular formula is C18H29NO2. The Balaban J connectivity index is 1.57. The summed E-state index contributed by atoms with van der Waals surface area (Å²) in [5.74, 6) is 0.801. The van der Waals surface area contributed by atoms with E-state index in [2.05, 4.69) is 17.4 Å². The zero-order chi connectivity index (χ0) is 14.9. The van der Waals surface area contributed by atoms with E-state index in [1.807, 2.05) is 25.1 Å². The van der Waals surface area contributed by atoms with Crippen molar-refractivity contribution in [3.63, 3.8) is 0 Å². The van der Waals surface area contributed by atoms with Gasteiger partial charge < -0.3 is 15.2 Å². The fourth-order valence-electron chi connectivity index (χ4n) is 2.98. The summed E-state index contributed by atoms with van der Waals surface area (Å²) in [6, 6.07) is 10.1. The van der Waals surface area contributed by atoms with Gasteiger partial charge in [0, 0.05) is 6.54 Å². The van der Waals surface area contributed by atoms with Crippen LogP contribution in [0.15, 0.2) is 30.3 Å². The van der Waals surface area contributed by atoms with Crippen LogP contribution in [-0.4, -0.2) is 30.9 Å². The number of nitrogens with one attached hydrogen (secondary N) is 1. The molecule has 118 valence electrons. The molecule has 1 saturated carbocycles. The molecule has 2 atom stereocenters. The minimum absolute atomic E-state index is 0.0270. The quantitative estimate of drug-likeness (QED) is 0.772. The molecule has 2 N–H and O–H groups in total. The average Bonchev–Trinajstić information content (AvgIpc) is 2.54. The Hall–Kier alpha value is -0.900. The Labute approximate surface area is 128 Å². The van der Waals surface area contributed by atoms with Gasteiger partial charge in [0.05, 0.1) is 18.8 Å². The van der Waals surface area contributed by atoms with Crippen LogP contribution in [0.4, 0.5) is 0 Å². The van der Waals surface area contributed by atoms with Gasteiger partial charge in [0.15, 0.2) is 0 Å². The van der Waals surface area contributed by atoms with Crippen LogP contribution in [-0.2, 0) is 4.74 Å². The van der Waals surface area contributed by atoms with E-state index in [1.54, 1.807) is 0 Å². The van der Waals surface area contributed by atoms with Crippen LogP contribution in [0.3, 0.4) is 0 Å². The second-order valence-electron chi connectivity index (χ2n) is 6.20. The average molecular weight is 291 g/mol. The second kappa shape index (κ2) is 9.19. The third-order valence-electron chi connectivity index (χ3n) is 4.35. The van der Waals surface area contributed by atoms with Crippen molar-refractivity contribution in [2.45, 2.75) is 51.2 Å². The highest BCUT2D eigenvalue weighted by atomic mass is 16.5. The van der Waals surface area contributed by atoms with Gasteiger partial charge in [0.25, 0.3) is 0 Å². The predicted molar refractivity (Wildman–Crippen MR) is 86.3 cm³/mol. The molecule has 1 aliphatic rings. The van der Waals surface area contributed by atoms with E-state index in [1.165, 1.54) is 32.1 Å². The smallest absolute Gasteiger partial charge is 0.0897 e. The molecule has 3 heteroatoms. The molecule has 1 fully saturated rings. The van der Waals surface area contributed by atoms with Gasteiger partial charge in [-0.2, -0.15) is 0 Å². The molecule has 0 saturated heterocycles. The van der Waals surface area contributed by atoms with E-state index in [-0.39, 0.29) is 6.10 Å². The summed E-state index contributed by atoms with van der Waals surface area (Å²) in [6.07, 6.45) is 6.40. The van der Waals surface area contributed by atoms with E-state index in [9.17, 15) is 5.11 Å². The van der Waals surface area contributed by atoms with Crippen molar-refractivity contribution in [1.29, 1.82) is 0 Å². The molecule has 0 radical (unpaired) electrons. The van der Waals surface area contributed by atoms with Crippen molar-refractivity contribution in [1.82, 2.24) is 5.32 Å². The second-order valence-corrected chi connectivity index (χ2v) is 6.20. The predicted octanol–water partition coefficient (Wildman–Crippen LogP) is 3.30. The van der Waals surface area contributed by atoms with Crippen molar-refractivity contribution in [3.05, 3.63) is 35.9 Å². The molecule has 0 amide bonds. The van der Waals surface area contributed by atoms with Crippen LogP contribution in [0.25, 0.3) is 0 Å². The van der Waals surface area contributed by atoms with Gasteiger partial charge in [-0.05, 0) is 37.8 Å². The molecule has 0 bridgehead atoms. The Kier molecular flexibility index (Phi) is 7.20. The maximum Gasteiger partial charge on any atom is 0.0897 e. The summed E-state index contributed by atoms with van der Waals surface area (Å²) < 4.78 is 5.74. The fraction of sp³-hybridized carbons (Fsp3) is 0.667. The summed E-state index contributed by atoms with van der Waals surface area (Å²) in [6.45, 7) is 4.06. The SMILES string of the molecule is CC(OCC(O)CNCC1CCCCC1)c1ccccc1. The van der Waals surface area contributed by atoms with Crippen molar-refractivity contribution >= 4 is 0 Å². The first-order valence-electron chi connectivity index (χ1n) is 8.31. The number of hydrogen-bond donors (Lipinski definition) is 2. The van der Waals surface area contributed by atoms with Crippen LogP contribution in [0.1, 0.15) is 50.7 Å². The molecule has 0 aromatic heterocycles. The molecule has 21 heavy (non-hydrogen) atoms. The first kappa shape index (κ1) is 16.5. The zero-order valence-corrected chi connectivity index (χ0v) is 13.1. The third-order valence-corrected chi connectivity index (χ3v) is 4.35. The third kappa shape index (κ3) is 6.16. The Morgan fingerprint density at radius 1 is 1.19 bits per heavy atom. The van der Waals surface area contributed by atoms with Gasteiger partial charge in [0.2, 0.25) is 0 Å². The van der Waals surface area contributed by atoms with Crippen molar-refractivity contribution in [2.24, 2.45) is 5.92 Å². The van der Waals surface area contributed by atoms with Crippen molar-refractivity contribution in [2.75, 3.05) is 19.7 Å². The maximum absolute atomic E-state index is 9.99. The lowest BCUT2D eigenvalue weighted by molar-refractivity contribution is -0.00235. The molecule has 1 aromatic rings. The first-order valence-corrected chi connectivity index (χ1v) is 8.31. The molecular weight excluding hydrogens is 262 g/mol. The zero-order valence-electron chi connectivity index (χ0n) is 13.1. The molecule has 0 spiro atoms. The lowest BCUT2D eigenvalue weighted by atomic mass is 9.89. The lowest BCUT2D eigenvalue weighted by Gasteiger charge is -2.23. The monoisotopic (exact) mass is 291 g/mol. The van der Waals surface area contributed by atoms with E-state index < -0.39 is 6.10 Å². The van der Waals surface area contributed by atoms with Crippen LogP contribution in [0, 0.1) is 5.92 Å². The maximum atomic E-state index is 9.99. The Morgan fingerprint density at radius 3 is 2.62 bits per heavy atom. The minimum atomic E-state index is -0.431. The molecule has 2 unspecified atom stereocenters. The van der Waals surface area contributed by atoms with Crippen molar-refractivity contribution < 1.29 is 9.84 Å². The summed E-state index contributed by atoms with van der Waals surface area (Å²) in [5, 5.41) is 13.4. The van der Waals surface area contributed by atoms with E-state index in [4.69, 9.17) is 4.74 Å². The summed E-state index contributed by atoms with van der Waals surface area (Å²) >= 11 is 0. The molecule has 1 aliphatic carbocycles. The number of benzene rings is 1. The lowest BCUT2D eigenvalue weighted by Crippen LogP contribution is -2.34. The van der Waals surface area contributed by atoms with Gasteiger partial charge in [-0.15, -0.1) is 0 Å². The molecule has 2 rings (SSSR count). The number of rotatable bonds is 8. The Bertz CT molecular complexity index is 376. The molecule has 0 heterocycles. The topological polar surface area (TPSA) is 41.5 Å².